The zero-order chi connectivity index (χ0) is 12.3. The van der Waals surface area contributed by atoms with Crippen LogP contribution in [0.1, 0.15) is 16.8 Å². The number of ether oxygens (including phenoxy) is 3. The first-order chi connectivity index (χ1) is 8.20. The summed E-state index contributed by atoms with van der Waals surface area (Å²) in [5.41, 5.74) is 0.568. The molecular weight excluding hydrogens is 335 g/mol. The van der Waals surface area contributed by atoms with E-state index in [-0.39, 0.29) is 12.1 Å². The van der Waals surface area contributed by atoms with Crippen LogP contribution in [-0.2, 0) is 9.47 Å². The highest BCUT2D eigenvalue weighted by atomic mass is 127. The van der Waals surface area contributed by atoms with Crippen molar-refractivity contribution < 1.29 is 19.0 Å². The minimum absolute atomic E-state index is 0.111. The molecule has 92 valence electrons. The van der Waals surface area contributed by atoms with Crippen molar-refractivity contribution in [2.75, 3.05) is 20.3 Å². The lowest BCUT2D eigenvalue weighted by Gasteiger charge is -2.11. The minimum Gasteiger partial charge on any atom is -0.497 e. The summed E-state index contributed by atoms with van der Waals surface area (Å²) in [6.45, 7) is 1.16. The number of hydrogen-bond donors (Lipinski definition) is 0. The van der Waals surface area contributed by atoms with Gasteiger partial charge in [0.15, 0.2) is 0 Å². The van der Waals surface area contributed by atoms with Crippen molar-refractivity contribution in [1.29, 1.82) is 0 Å². The fourth-order valence-corrected chi connectivity index (χ4v) is 2.32. The van der Waals surface area contributed by atoms with Gasteiger partial charge in [-0.15, -0.1) is 0 Å². The average Bonchev–Trinajstić information content (AvgIpc) is 2.81. The third kappa shape index (κ3) is 3.10. The van der Waals surface area contributed by atoms with Crippen LogP contribution in [0.3, 0.4) is 0 Å². The Labute approximate surface area is 113 Å². The lowest BCUT2D eigenvalue weighted by Crippen LogP contribution is -2.18. The summed E-state index contributed by atoms with van der Waals surface area (Å²) in [5, 5.41) is 0. The molecule has 1 atom stereocenters. The van der Waals surface area contributed by atoms with E-state index in [1.54, 1.807) is 19.2 Å². The van der Waals surface area contributed by atoms with Gasteiger partial charge in [0.05, 0.1) is 25.9 Å². The maximum Gasteiger partial charge on any atom is 0.339 e. The number of halogens is 1. The second-order valence-corrected chi connectivity index (χ2v) is 4.90. The van der Waals surface area contributed by atoms with Gasteiger partial charge in [-0.25, -0.2) is 4.79 Å². The van der Waals surface area contributed by atoms with Crippen LogP contribution in [0.5, 0.6) is 5.75 Å². The first kappa shape index (κ1) is 12.6. The molecule has 1 aliphatic rings. The van der Waals surface area contributed by atoms with Gasteiger partial charge in [0.25, 0.3) is 0 Å². The van der Waals surface area contributed by atoms with E-state index in [0.717, 1.165) is 15.7 Å². The summed E-state index contributed by atoms with van der Waals surface area (Å²) >= 11 is 2.10. The molecule has 0 saturated carbocycles. The van der Waals surface area contributed by atoms with Crippen LogP contribution in [0.25, 0.3) is 0 Å². The molecule has 1 unspecified atom stereocenters. The Morgan fingerprint density at radius 1 is 1.53 bits per heavy atom. The maximum atomic E-state index is 11.9. The van der Waals surface area contributed by atoms with Crippen molar-refractivity contribution in [1.82, 2.24) is 0 Å². The second-order valence-electron chi connectivity index (χ2n) is 3.74. The first-order valence-electron chi connectivity index (χ1n) is 5.33. The molecule has 2 rings (SSSR count). The third-order valence-electron chi connectivity index (χ3n) is 2.56. The normalized spacial score (nSPS) is 19.1. The van der Waals surface area contributed by atoms with Gasteiger partial charge in [0, 0.05) is 9.99 Å². The topological polar surface area (TPSA) is 44.8 Å². The smallest absolute Gasteiger partial charge is 0.339 e. The van der Waals surface area contributed by atoms with Gasteiger partial charge in [-0.3, -0.25) is 0 Å². The Kier molecular flexibility index (Phi) is 4.22. The van der Waals surface area contributed by atoms with E-state index in [1.165, 1.54) is 0 Å². The zero-order valence-electron chi connectivity index (χ0n) is 9.44. The SMILES string of the molecule is COc1ccc(C(=O)OC2CCOC2)c(I)c1. The van der Waals surface area contributed by atoms with E-state index in [4.69, 9.17) is 14.2 Å². The van der Waals surface area contributed by atoms with Crippen LogP contribution in [0.4, 0.5) is 0 Å². The molecule has 1 fully saturated rings. The zero-order valence-corrected chi connectivity index (χ0v) is 11.6. The van der Waals surface area contributed by atoms with Crippen LogP contribution < -0.4 is 4.74 Å². The van der Waals surface area contributed by atoms with Gasteiger partial charge in [-0.05, 0) is 40.8 Å². The molecule has 0 N–H and O–H groups in total. The van der Waals surface area contributed by atoms with Gasteiger partial charge < -0.3 is 14.2 Å². The number of benzene rings is 1. The van der Waals surface area contributed by atoms with Crippen molar-refractivity contribution in [3.63, 3.8) is 0 Å². The maximum absolute atomic E-state index is 11.9. The highest BCUT2D eigenvalue weighted by Crippen LogP contribution is 2.21. The van der Waals surface area contributed by atoms with Crippen molar-refractivity contribution in [3.05, 3.63) is 27.3 Å². The van der Waals surface area contributed by atoms with Gasteiger partial charge in [-0.1, -0.05) is 0 Å². The molecule has 1 saturated heterocycles. The fraction of sp³-hybridized carbons (Fsp3) is 0.417. The van der Waals surface area contributed by atoms with Crippen molar-refractivity contribution in [2.24, 2.45) is 0 Å². The molecule has 1 aliphatic heterocycles. The largest absolute Gasteiger partial charge is 0.497 e. The highest BCUT2D eigenvalue weighted by Gasteiger charge is 2.22. The Balaban J connectivity index is 2.07. The van der Waals surface area contributed by atoms with Gasteiger partial charge in [0.2, 0.25) is 0 Å². The van der Waals surface area contributed by atoms with Crippen LogP contribution in [0.15, 0.2) is 18.2 Å². The molecule has 0 bridgehead atoms. The lowest BCUT2D eigenvalue weighted by molar-refractivity contribution is 0.0269. The molecule has 0 amide bonds. The summed E-state index contributed by atoms with van der Waals surface area (Å²) in [7, 11) is 1.60. The summed E-state index contributed by atoms with van der Waals surface area (Å²) in [4.78, 5) is 11.9. The van der Waals surface area contributed by atoms with Crippen molar-refractivity contribution in [3.8, 4) is 5.75 Å². The van der Waals surface area contributed by atoms with Gasteiger partial charge in [-0.2, -0.15) is 0 Å². The van der Waals surface area contributed by atoms with Gasteiger partial charge >= 0.3 is 5.97 Å². The van der Waals surface area contributed by atoms with E-state index in [0.29, 0.717) is 18.8 Å². The molecule has 4 nitrogen and oxygen atoms in total. The molecule has 1 aromatic carbocycles. The summed E-state index contributed by atoms with van der Waals surface area (Å²) in [6.07, 6.45) is 0.666. The number of hydrogen-bond acceptors (Lipinski definition) is 4. The first-order valence-corrected chi connectivity index (χ1v) is 6.41. The van der Waals surface area contributed by atoms with Crippen LogP contribution >= 0.6 is 22.6 Å². The molecular formula is C12H13IO4. The lowest BCUT2D eigenvalue weighted by atomic mass is 10.2. The standard InChI is InChI=1S/C12H13IO4/c1-15-8-2-3-10(11(13)6-8)12(14)17-9-4-5-16-7-9/h2-3,6,9H,4-5,7H2,1H3. The predicted molar refractivity (Wildman–Crippen MR) is 70.4 cm³/mol. The molecule has 0 aliphatic carbocycles. The van der Waals surface area contributed by atoms with E-state index in [1.807, 2.05) is 6.07 Å². The van der Waals surface area contributed by atoms with Crippen LogP contribution in [-0.4, -0.2) is 32.4 Å². The summed E-state index contributed by atoms with van der Waals surface area (Å²) < 4.78 is 16.4. The number of rotatable bonds is 3. The number of carbonyl (C=O) groups is 1. The van der Waals surface area contributed by atoms with E-state index < -0.39 is 0 Å². The predicted octanol–water partition coefficient (Wildman–Crippen LogP) is 2.25. The number of methoxy groups -OCH3 is 1. The Bertz CT molecular complexity index is 413. The Morgan fingerprint density at radius 3 is 2.94 bits per heavy atom. The molecule has 1 aromatic rings. The fourth-order valence-electron chi connectivity index (χ4n) is 1.61. The summed E-state index contributed by atoms with van der Waals surface area (Å²) in [6, 6.07) is 5.28. The van der Waals surface area contributed by atoms with Crippen LogP contribution in [0.2, 0.25) is 0 Å². The molecule has 5 heteroatoms. The van der Waals surface area contributed by atoms with Gasteiger partial charge in [0.1, 0.15) is 11.9 Å². The van der Waals surface area contributed by atoms with Crippen molar-refractivity contribution in [2.45, 2.75) is 12.5 Å². The molecule has 0 aromatic heterocycles. The molecule has 1 heterocycles. The monoisotopic (exact) mass is 348 g/mol. The van der Waals surface area contributed by atoms with Crippen LogP contribution in [0, 0.1) is 3.57 Å². The summed E-state index contributed by atoms with van der Waals surface area (Å²) in [5.74, 6) is 0.433. The van der Waals surface area contributed by atoms with E-state index in [2.05, 4.69) is 22.6 Å². The third-order valence-corrected chi connectivity index (χ3v) is 3.45. The molecule has 17 heavy (non-hydrogen) atoms. The second kappa shape index (κ2) is 5.68. The Morgan fingerprint density at radius 2 is 2.35 bits per heavy atom. The molecule has 0 spiro atoms. The number of esters is 1. The Hall–Kier alpha value is -0.820. The number of carbonyl (C=O) groups excluding carboxylic acids is 1. The average molecular weight is 348 g/mol. The molecule has 0 radical (unpaired) electrons. The quantitative estimate of drug-likeness (QED) is 0.621. The van der Waals surface area contributed by atoms with E-state index in [9.17, 15) is 4.79 Å². The van der Waals surface area contributed by atoms with E-state index >= 15 is 0 Å². The van der Waals surface area contributed by atoms with Crippen molar-refractivity contribution >= 4 is 28.6 Å². The highest BCUT2D eigenvalue weighted by molar-refractivity contribution is 14.1. The minimum atomic E-state index is -0.299.